The molecule has 2 heterocycles. The Kier molecular flexibility index (Phi) is 4.25. The number of fused-ring (bicyclic) bond motifs is 1. The fourth-order valence-electron chi connectivity index (χ4n) is 3.07. The standard InChI is InChI=1S/C15H18F2N4O2/c1-20(7-9-3-2-4-11(9)22)15(23)10-5-6-12-18-19-14(13(16)17)21(12)8-10/h5-6,8-9,11,13,22H,2-4,7H2,1H3. The van der Waals surface area contributed by atoms with Gasteiger partial charge in [-0.2, -0.15) is 0 Å². The summed E-state index contributed by atoms with van der Waals surface area (Å²) in [4.78, 5) is 14.0. The van der Waals surface area contributed by atoms with E-state index in [1.807, 2.05) is 0 Å². The van der Waals surface area contributed by atoms with Gasteiger partial charge in [-0.25, -0.2) is 8.78 Å². The lowest BCUT2D eigenvalue weighted by Gasteiger charge is -2.23. The highest BCUT2D eigenvalue weighted by molar-refractivity contribution is 5.94. The van der Waals surface area contributed by atoms with Crippen molar-refractivity contribution in [3.63, 3.8) is 0 Å². The average molecular weight is 324 g/mol. The first-order chi connectivity index (χ1) is 11.0. The van der Waals surface area contributed by atoms with Gasteiger partial charge in [0, 0.05) is 25.7 Å². The van der Waals surface area contributed by atoms with E-state index < -0.39 is 12.2 Å². The van der Waals surface area contributed by atoms with E-state index >= 15 is 0 Å². The molecule has 23 heavy (non-hydrogen) atoms. The predicted molar refractivity (Wildman–Crippen MR) is 78.3 cm³/mol. The van der Waals surface area contributed by atoms with Crippen LogP contribution < -0.4 is 0 Å². The summed E-state index contributed by atoms with van der Waals surface area (Å²) >= 11 is 0. The van der Waals surface area contributed by atoms with Gasteiger partial charge in [0.25, 0.3) is 12.3 Å². The fourth-order valence-corrected chi connectivity index (χ4v) is 3.07. The normalized spacial score (nSPS) is 21.3. The summed E-state index contributed by atoms with van der Waals surface area (Å²) in [5.41, 5.74) is 0.555. The molecule has 1 amide bonds. The van der Waals surface area contributed by atoms with Crippen molar-refractivity contribution in [2.24, 2.45) is 5.92 Å². The van der Waals surface area contributed by atoms with Gasteiger partial charge >= 0.3 is 0 Å². The van der Waals surface area contributed by atoms with E-state index in [4.69, 9.17) is 0 Å². The predicted octanol–water partition coefficient (Wildman–Crippen LogP) is 1.90. The van der Waals surface area contributed by atoms with E-state index in [2.05, 4.69) is 10.2 Å². The number of pyridine rings is 1. The van der Waals surface area contributed by atoms with Gasteiger partial charge in [0.15, 0.2) is 5.65 Å². The van der Waals surface area contributed by atoms with Gasteiger partial charge in [-0.15, -0.1) is 10.2 Å². The molecule has 1 fully saturated rings. The minimum Gasteiger partial charge on any atom is -0.393 e. The molecule has 3 rings (SSSR count). The summed E-state index contributed by atoms with van der Waals surface area (Å²) in [6.45, 7) is 0.446. The highest BCUT2D eigenvalue weighted by atomic mass is 19.3. The zero-order valence-electron chi connectivity index (χ0n) is 12.7. The summed E-state index contributed by atoms with van der Waals surface area (Å²) in [5, 5.41) is 17.0. The summed E-state index contributed by atoms with van der Waals surface area (Å²) in [6, 6.07) is 3.04. The number of aliphatic hydroxyl groups is 1. The minimum atomic E-state index is -2.76. The molecule has 0 aromatic carbocycles. The van der Waals surface area contributed by atoms with Crippen molar-refractivity contribution >= 4 is 11.6 Å². The second-order valence-electron chi connectivity index (χ2n) is 5.95. The maximum absolute atomic E-state index is 12.9. The second-order valence-corrected chi connectivity index (χ2v) is 5.95. The summed E-state index contributed by atoms with van der Waals surface area (Å²) in [7, 11) is 1.65. The third-order valence-corrected chi connectivity index (χ3v) is 4.34. The molecule has 1 aliphatic rings. The Bertz CT molecular complexity index is 719. The molecular formula is C15H18F2N4O2. The van der Waals surface area contributed by atoms with Crippen molar-refractivity contribution in [2.75, 3.05) is 13.6 Å². The second kappa shape index (κ2) is 6.19. The fraction of sp³-hybridized carbons (Fsp3) is 0.533. The maximum atomic E-state index is 12.9. The van der Waals surface area contributed by atoms with Gasteiger partial charge in [0.2, 0.25) is 5.82 Å². The molecule has 1 aliphatic carbocycles. The number of carbonyl (C=O) groups is 1. The molecule has 2 unspecified atom stereocenters. The quantitative estimate of drug-likeness (QED) is 0.932. The number of amides is 1. The van der Waals surface area contributed by atoms with E-state index in [-0.39, 0.29) is 29.1 Å². The molecule has 0 radical (unpaired) electrons. The third kappa shape index (κ3) is 3.03. The number of rotatable bonds is 4. The van der Waals surface area contributed by atoms with Crippen LogP contribution in [0.25, 0.3) is 5.65 Å². The number of carbonyl (C=O) groups excluding carboxylic acids is 1. The van der Waals surface area contributed by atoms with Crippen LogP contribution >= 0.6 is 0 Å². The number of halogens is 2. The van der Waals surface area contributed by atoms with E-state index in [1.54, 1.807) is 13.1 Å². The molecule has 2 aromatic heterocycles. The molecule has 0 bridgehead atoms. The molecule has 2 aromatic rings. The smallest absolute Gasteiger partial charge is 0.297 e. The Morgan fingerprint density at radius 1 is 1.43 bits per heavy atom. The summed E-state index contributed by atoms with van der Waals surface area (Å²) in [5.74, 6) is -0.692. The van der Waals surface area contributed by atoms with Crippen molar-refractivity contribution in [1.29, 1.82) is 0 Å². The van der Waals surface area contributed by atoms with Gasteiger partial charge in [-0.3, -0.25) is 9.20 Å². The van der Waals surface area contributed by atoms with E-state index in [1.165, 1.54) is 17.2 Å². The lowest BCUT2D eigenvalue weighted by atomic mass is 10.1. The molecular weight excluding hydrogens is 306 g/mol. The lowest BCUT2D eigenvalue weighted by Crippen LogP contribution is -2.34. The van der Waals surface area contributed by atoms with Crippen LogP contribution in [0.3, 0.4) is 0 Å². The molecule has 2 atom stereocenters. The Morgan fingerprint density at radius 2 is 2.22 bits per heavy atom. The first-order valence-electron chi connectivity index (χ1n) is 7.53. The van der Waals surface area contributed by atoms with Gasteiger partial charge in [-0.05, 0) is 25.0 Å². The first kappa shape index (κ1) is 15.8. The summed E-state index contributed by atoms with van der Waals surface area (Å²) < 4.78 is 26.9. The Labute approximate surface area is 131 Å². The topological polar surface area (TPSA) is 70.7 Å². The highest BCUT2D eigenvalue weighted by Crippen LogP contribution is 2.26. The molecule has 1 N–H and O–H groups in total. The van der Waals surface area contributed by atoms with Gasteiger partial charge in [0.05, 0.1) is 11.7 Å². The largest absolute Gasteiger partial charge is 0.393 e. The lowest BCUT2D eigenvalue weighted by molar-refractivity contribution is 0.0692. The van der Waals surface area contributed by atoms with Crippen LogP contribution in [0, 0.1) is 5.92 Å². The number of hydrogen-bond donors (Lipinski definition) is 1. The Hall–Kier alpha value is -2.09. The van der Waals surface area contributed by atoms with Gasteiger partial charge in [-0.1, -0.05) is 6.42 Å². The molecule has 0 saturated heterocycles. The number of aliphatic hydroxyl groups excluding tert-OH is 1. The molecule has 1 saturated carbocycles. The number of alkyl halides is 2. The van der Waals surface area contributed by atoms with E-state index in [0.29, 0.717) is 6.54 Å². The van der Waals surface area contributed by atoms with Crippen LogP contribution in [-0.4, -0.2) is 50.2 Å². The van der Waals surface area contributed by atoms with Crippen molar-refractivity contribution in [3.05, 3.63) is 29.7 Å². The van der Waals surface area contributed by atoms with Crippen molar-refractivity contribution in [2.45, 2.75) is 31.8 Å². The van der Waals surface area contributed by atoms with E-state index in [9.17, 15) is 18.7 Å². The third-order valence-electron chi connectivity index (χ3n) is 4.34. The van der Waals surface area contributed by atoms with Crippen molar-refractivity contribution in [3.8, 4) is 0 Å². The van der Waals surface area contributed by atoms with Crippen LogP contribution in [0.4, 0.5) is 8.78 Å². The molecule has 8 heteroatoms. The number of nitrogens with zero attached hydrogens (tertiary/aromatic N) is 4. The van der Waals surface area contributed by atoms with Crippen LogP contribution in [0.1, 0.15) is 41.9 Å². The first-order valence-corrected chi connectivity index (χ1v) is 7.53. The van der Waals surface area contributed by atoms with E-state index in [0.717, 1.165) is 23.7 Å². The summed E-state index contributed by atoms with van der Waals surface area (Å²) in [6.07, 6.45) is 0.798. The molecule has 124 valence electrons. The van der Waals surface area contributed by atoms with Gasteiger partial charge < -0.3 is 10.0 Å². The Morgan fingerprint density at radius 3 is 2.87 bits per heavy atom. The highest BCUT2D eigenvalue weighted by Gasteiger charge is 2.28. The Balaban J connectivity index is 1.81. The zero-order valence-corrected chi connectivity index (χ0v) is 12.7. The van der Waals surface area contributed by atoms with Crippen molar-refractivity contribution in [1.82, 2.24) is 19.5 Å². The van der Waals surface area contributed by atoms with Crippen LogP contribution in [0.5, 0.6) is 0 Å². The average Bonchev–Trinajstić information content (AvgIpc) is 3.12. The molecule has 0 aliphatic heterocycles. The number of aromatic nitrogens is 3. The van der Waals surface area contributed by atoms with Crippen molar-refractivity contribution < 1.29 is 18.7 Å². The van der Waals surface area contributed by atoms with Crippen LogP contribution in [-0.2, 0) is 0 Å². The van der Waals surface area contributed by atoms with Crippen LogP contribution in [0.2, 0.25) is 0 Å². The number of hydrogen-bond acceptors (Lipinski definition) is 4. The molecule has 6 nitrogen and oxygen atoms in total. The monoisotopic (exact) mass is 324 g/mol. The van der Waals surface area contributed by atoms with Gasteiger partial charge in [0.1, 0.15) is 0 Å². The minimum absolute atomic E-state index is 0.0687. The van der Waals surface area contributed by atoms with Crippen LogP contribution in [0.15, 0.2) is 18.3 Å². The SMILES string of the molecule is CN(CC1CCCC1O)C(=O)c1ccc2nnc(C(F)F)n2c1. The molecule has 0 spiro atoms. The zero-order chi connectivity index (χ0) is 16.6. The maximum Gasteiger partial charge on any atom is 0.297 e.